The lowest BCUT2D eigenvalue weighted by Gasteiger charge is -2.30. The molecule has 5 nitrogen and oxygen atoms in total. The summed E-state index contributed by atoms with van der Waals surface area (Å²) in [4.78, 5) is 26.9. The maximum Gasteiger partial charge on any atom is 0.257 e. The average molecular weight is 368 g/mol. The standard InChI is InChI=1S/C19H26F2N2O3/c1-4-23(11-13-7-6-10-26-13)19(25)17(12(2)3)22-18(24)16-14(20)8-5-9-15(16)21/h5,8-9,12-13,17H,4,6-7,10-11H2,1-3H3,(H,22,24)/t13-,17+/m1/s1. The number of carbonyl (C=O) groups excluding carboxylic acids is 2. The maximum atomic E-state index is 13.8. The van der Waals surface area contributed by atoms with E-state index in [2.05, 4.69) is 5.32 Å². The van der Waals surface area contributed by atoms with Gasteiger partial charge in [0.2, 0.25) is 5.91 Å². The van der Waals surface area contributed by atoms with E-state index in [1.54, 1.807) is 18.7 Å². The van der Waals surface area contributed by atoms with Crippen molar-refractivity contribution < 1.29 is 23.1 Å². The highest BCUT2D eigenvalue weighted by Gasteiger charge is 2.31. The minimum absolute atomic E-state index is 0.00794. The number of hydrogen-bond donors (Lipinski definition) is 1. The normalized spacial score (nSPS) is 18.0. The Hall–Kier alpha value is -2.02. The van der Waals surface area contributed by atoms with Crippen LogP contribution in [0.5, 0.6) is 0 Å². The summed E-state index contributed by atoms with van der Waals surface area (Å²) in [5.74, 6) is -3.35. The van der Waals surface area contributed by atoms with Crippen LogP contribution in [-0.2, 0) is 9.53 Å². The minimum atomic E-state index is -0.954. The van der Waals surface area contributed by atoms with Gasteiger partial charge in [0, 0.05) is 19.7 Å². The molecule has 2 atom stereocenters. The third-order valence-corrected chi connectivity index (χ3v) is 4.55. The van der Waals surface area contributed by atoms with E-state index in [1.807, 2.05) is 6.92 Å². The summed E-state index contributed by atoms with van der Waals surface area (Å²) in [6.07, 6.45) is 1.85. The highest BCUT2D eigenvalue weighted by Crippen LogP contribution is 2.17. The van der Waals surface area contributed by atoms with E-state index in [9.17, 15) is 18.4 Å². The Kier molecular flexibility index (Phi) is 7.08. The molecule has 1 heterocycles. The number of amides is 2. The number of ether oxygens (including phenoxy) is 1. The second-order valence-electron chi connectivity index (χ2n) is 6.80. The summed E-state index contributed by atoms with van der Waals surface area (Å²) < 4.78 is 33.2. The largest absolute Gasteiger partial charge is 0.376 e. The van der Waals surface area contributed by atoms with E-state index in [0.29, 0.717) is 19.7 Å². The smallest absolute Gasteiger partial charge is 0.257 e. The van der Waals surface area contributed by atoms with Crippen molar-refractivity contribution in [2.45, 2.75) is 45.8 Å². The van der Waals surface area contributed by atoms with Gasteiger partial charge < -0.3 is 15.0 Å². The van der Waals surface area contributed by atoms with Gasteiger partial charge in [0.1, 0.15) is 23.2 Å². The average Bonchev–Trinajstić information content (AvgIpc) is 3.09. The van der Waals surface area contributed by atoms with E-state index in [4.69, 9.17) is 4.74 Å². The molecule has 144 valence electrons. The maximum absolute atomic E-state index is 13.8. The molecule has 2 rings (SSSR count). The first-order valence-corrected chi connectivity index (χ1v) is 9.00. The predicted octanol–water partition coefficient (Wildman–Crippen LogP) is 2.75. The molecule has 1 aromatic carbocycles. The van der Waals surface area contributed by atoms with Crippen molar-refractivity contribution in [3.63, 3.8) is 0 Å². The topological polar surface area (TPSA) is 58.6 Å². The molecule has 0 aliphatic carbocycles. The summed E-state index contributed by atoms with van der Waals surface area (Å²) in [5, 5.41) is 2.50. The van der Waals surface area contributed by atoms with E-state index in [0.717, 1.165) is 25.0 Å². The molecule has 1 N–H and O–H groups in total. The minimum Gasteiger partial charge on any atom is -0.376 e. The summed E-state index contributed by atoms with van der Waals surface area (Å²) in [7, 11) is 0. The second kappa shape index (κ2) is 9.07. The van der Waals surface area contributed by atoms with Crippen molar-refractivity contribution >= 4 is 11.8 Å². The zero-order chi connectivity index (χ0) is 19.3. The number of halogens is 2. The molecular weight excluding hydrogens is 342 g/mol. The van der Waals surface area contributed by atoms with Crippen molar-refractivity contribution in [3.8, 4) is 0 Å². The van der Waals surface area contributed by atoms with E-state index < -0.39 is 29.1 Å². The SMILES string of the molecule is CCN(C[C@H]1CCCO1)C(=O)[C@@H](NC(=O)c1c(F)cccc1F)C(C)C. The molecule has 1 aliphatic heterocycles. The van der Waals surface area contributed by atoms with Crippen LogP contribution < -0.4 is 5.32 Å². The number of rotatable bonds is 7. The van der Waals surface area contributed by atoms with Gasteiger partial charge in [0.05, 0.1) is 6.10 Å². The van der Waals surface area contributed by atoms with E-state index in [1.165, 1.54) is 6.07 Å². The number of likely N-dealkylation sites (N-methyl/N-ethyl adjacent to an activating group) is 1. The molecule has 0 radical (unpaired) electrons. The monoisotopic (exact) mass is 368 g/mol. The number of hydrogen-bond acceptors (Lipinski definition) is 3. The third kappa shape index (κ3) is 4.78. The zero-order valence-electron chi connectivity index (χ0n) is 15.4. The summed E-state index contributed by atoms with van der Waals surface area (Å²) in [6.45, 7) is 7.01. The molecule has 26 heavy (non-hydrogen) atoms. The molecule has 1 fully saturated rings. The first kappa shape index (κ1) is 20.3. The van der Waals surface area contributed by atoms with Gasteiger partial charge in [-0.2, -0.15) is 0 Å². The van der Waals surface area contributed by atoms with Gasteiger partial charge in [0.25, 0.3) is 5.91 Å². The summed E-state index contributed by atoms with van der Waals surface area (Å²) >= 11 is 0. The fourth-order valence-electron chi connectivity index (χ4n) is 3.05. The molecule has 0 bridgehead atoms. The number of benzene rings is 1. The third-order valence-electron chi connectivity index (χ3n) is 4.55. The predicted molar refractivity (Wildman–Crippen MR) is 93.7 cm³/mol. The van der Waals surface area contributed by atoms with Crippen molar-refractivity contribution in [1.82, 2.24) is 10.2 Å². The first-order valence-electron chi connectivity index (χ1n) is 9.00. The molecule has 1 aliphatic rings. The molecular formula is C19H26F2N2O3. The fourth-order valence-corrected chi connectivity index (χ4v) is 3.05. The van der Waals surface area contributed by atoms with Crippen LogP contribution in [0.15, 0.2) is 18.2 Å². The van der Waals surface area contributed by atoms with Gasteiger partial charge in [-0.1, -0.05) is 19.9 Å². The van der Waals surface area contributed by atoms with Gasteiger partial charge in [0.15, 0.2) is 0 Å². The Morgan fingerprint density at radius 2 is 1.96 bits per heavy atom. The van der Waals surface area contributed by atoms with Crippen LogP contribution in [0.1, 0.15) is 44.0 Å². The number of nitrogens with zero attached hydrogens (tertiary/aromatic N) is 1. The van der Waals surface area contributed by atoms with Crippen molar-refractivity contribution in [3.05, 3.63) is 35.4 Å². The highest BCUT2D eigenvalue weighted by molar-refractivity contribution is 5.98. The second-order valence-corrected chi connectivity index (χ2v) is 6.80. The quantitative estimate of drug-likeness (QED) is 0.805. The Balaban J connectivity index is 2.13. The summed E-state index contributed by atoms with van der Waals surface area (Å²) in [6, 6.07) is 2.34. The Bertz CT molecular complexity index is 625. The van der Waals surface area contributed by atoms with Gasteiger partial charge in [-0.3, -0.25) is 9.59 Å². The van der Waals surface area contributed by atoms with Crippen LogP contribution in [0.3, 0.4) is 0 Å². The lowest BCUT2D eigenvalue weighted by Crippen LogP contribution is -2.52. The molecule has 0 unspecified atom stereocenters. The molecule has 0 aromatic heterocycles. The lowest BCUT2D eigenvalue weighted by atomic mass is 10.0. The Morgan fingerprint density at radius 1 is 1.31 bits per heavy atom. The van der Waals surface area contributed by atoms with Crippen LogP contribution in [0, 0.1) is 17.6 Å². The lowest BCUT2D eigenvalue weighted by molar-refractivity contribution is -0.135. The zero-order valence-corrected chi connectivity index (χ0v) is 15.4. The van der Waals surface area contributed by atoms with E-state index in [-0.39, 0.29) is 17.9 Å². The van der Waals surface area contributed by atoms with Crippen LogP contribution in [0.4, 0.5) is 8.78 Å². The molecule has 0 saturated carbocycles. The van der Waals surface area contributed by atoms with Gasteiger partial charge in [-0.05, 0) is 37.8 Å². The van der Waals surface area contributed by atoms with Crippen LogP contribution >= 0.6 is 0 Å². The van der Waals surface area contributed by atoms with Crippen LogP contribution in [-0.4, -0.2) is 48.6 Å². The molecule has 2 amide bonds. The number of nitrogens with one attached hydrogen (secondary N) is 1. The molecule has 1 saturated heterocycles. The number of carbonyl (C=O) groups is 2. The van der Waals surface area contributed by atoms with Crippen molar-refractivity contribution in [1.29, 1.82) is 0 Å². The Morgan fingerprint density at radius 3 is 2.46 bits per heavy atom. The van der Waals surface area contributed by atoms with Crippen molar-refractivity contribution in [2.75, 3.05) is 19.7 Å². The van der Waals surface area contributed by atoms with Gasteiger partial charge in [-0.15, -0.1) is 0 Å². The van der Waals surface area contributed by atoms with Crippen molar-refractivity contribution in [2.24, 2.45) is 5.92 Å². The van der Waals surface area contributed by atoms with Crippen LogP contribution in [0.25, 0.3) is 0 Å². The molecule has 1 aromatic rings. The first-order chi connectivity index (χ1) is 12.3. The fraction of sp³-hybridized carbons (Fsp3) is 0.579. The molecule has 0 spiro atoms. The summed E-state index contributed by atoms with van der Waals surface area (Å²) in [5.41, 5.74) is -0.673. The van der Waals surface area contributed by atoms with Crippen LogP contribution in [0.2, 0.25) is 0 Å². The van der Waals surface area contributed by atoms with Gasteiger partial charge in [-0.25, -0.2) is 8.78 Å². The Labute approximate surface area is 152 Å². The van der Waals surface area contributed by atoms with Gasteiger partial charge >= 0.3 is 0 Å². The highest BCUT2D eigenvalue weighted by atomic mass is 19.1. The molecule has 7 heteroatoms. The van der Waals surface area contributed by atoms with E-state index >= 15 is 0 Å².